The molecule has 0 aliphatic heterocycles. The third-order valence-electron chi connectivity index (χ3n) is 2.86. The normalized spacial score (nSPS) is 11.5. The van der Waals surface area contributed by atoms with E-state index in [1.54, 1.807) is 16.8 Å². The van der Waals surface area contributed by atoms with Crippen molar-refractivity contribution in [1.29, 1.82) is 0 Å². The molecule has 0 spiro atoms. The van der Waals surface area contributed by atoms with Crippen molar-refractivity contribution in [3.05, 3.63) is 42.2 Å². The minimum Gasteiger partial charge on any atom is -0.280 e. The summed E-state index contributed by atoms with van der Waals surface area (Å²) in [6, 6.07) is 7.35. The fraction of sp³-hybridized carbons (Fsp3) is 0.308. The number of sulfonamides is 1. The Bertz CT molecular complexity index is 645. The molecule has 0 saturated carbocycles. The Hall–Kier alpha value is -1.82. The van der Waals surface area contributed by atoms with Crippen molar-refractivity contribution in [2.45, 2.75) is 31.7 Å². The van der Waals surface area contributed by atoms with Crippen LogP contribution in [0.15, 0.2) is 41.6 Å². The quantitative estimate of drug-likeness (QED) is 0.913. The molecule has 5 nitrogen and oxygen atoms in total. The third-order valence-corrected chi connectivity index (χ3v) is 4.19. The van der Waals surface area contributed by atoms with Gasteiger partial charge in [-0.25, -0.2) is 8.42 Å². The van der Waals surface area contributed by atoms with E-state index in [1.807, 2.05) is 19.1 Å². The molecule has 19 heavy (non-hydrogen) atoms. The maximum absolute atomic E-state index is 12.1. The predicted octanol–water partition coefficient (Wildman–Crippen LogP) is 2.27. The van der Waals surface area contributed by atoms with Gasteiger partial charge in [-0.3, -0.25) is 9.40 Å². The molecule has 0 fully saturated rings. The number of nitrogens with one attached hydrogen (secondary N) is 1. The molecule has 0 aliphatic rings. The van der Waals surface area contributed by atoms with E-state index in [-0.39, 0.29) is 4.90 Å². The van der Waals surface area contributed by atoms with E-state index in [9.17, 15) is 8.42 Å². The summed E-state index contributed by atoms with van der Waals surface area (Å²) in [5, 5.41) is 3.97. The van der Waals surface area contributed by atoms with Crippen LogP contribution in [-0.2, 0) is 23.0 Å². The SMILES string of the molecule is CCc1ccc(NS(=O)(=O)c2cnn(CC)c2)cc1. The van der Waals surface area contributed by atoms with Crippen LogP contribution in [0.4, 0.5) is 5.69 Å². The molecule has 1 aromatic carbocycles. The summed E-state index contributed by atoms with van der Waals surface area (Å²) in [5.41, 5.74) is 1.73. The molecule has 0 unspecified atom stereocenters. The monoisotopic (exact) mass is 279 g/mol. The summed E-state index contributed by atoms with van der Waals surface area (Å²) in [7, 11) is -3.56. The fourth-order valence-electron chi connectivity index (χ4n) is 1.68. The number of benzene rings is 1. The van der Waals surface area contributed by atoms with Crippen LogP contribution >= 0.6 is 0 Å². The molecular formula is C13H17N3O2S. The number of nitrogens with zero attached hydrogens (tertiary/aromatic N) is 2. The molecule has 0 radical (unpaired) electrons. The molecule has 1 N–H and O–H groups in total. The molecular weight excluding hydrogens is 262 g/mol. The number of hydrogen-bond donors (Lipinski definition) is 1. The topological polar surface area (TPSA) is 64.0 Å². The van der Waals surface area contributed by atoms with Crippen molar-refractivity contribution >= 4 is 15.7 Å². The summed E-state index contributed by atoms with van der Waals surface area (Å²) in [6.07, 6.45) is 3.80. The van der Waals surface area contributed by atoms with E-state index in [2.05, 4.69) is 16.7 Å². The fourth-order valence-corrected chi connectivity index (χ4v) is 2.69. The number of aromatic nitrogens is 2. The first kappa shape index (κ1) is 13.6. The minimum absolute atomic E-state index is 0.175. The van der Waals surface area contributed by atoms with Crippen molar-refractivity contribution in [3.63, 3.8) is 0 Å². The highest BCUT2D eigenvalue weighted by Crippen LogP contribution is 2.16. The molecule has 0 saturated heterocycles. The van der Waals surface area contributed by atoms with Gasteiger partial charge in [0.1, 0.15) is 4.90 Å². The van der Waals surface area contributed by atoms with Crippen LogP contribution in [0, 0.1) is 0 Å². The van der Waals surface area contributed by atoms with Gasteiger partial charge in [-0.15, -0.1) is 0 Å². The van der Waals surface area contributed by atoms with E-state index < -0.39 is 10.0 Å². The molecule has 102 valence electrons. The Morgan fingerprint density at radius 2 is 1.89 bits per heavy atom. The minimum atomic E-state index is -3.56. The average Bonchev–Trinajstić information content (AvgIpc) is 2.89. The van der Waals surface area contributed by atoms with Crippen LogP contribution in [0.1, 0.15) is 19.4 Å². The molecule has 1 aromatic heterocycles. The van der Waals surface area contributed by atoms with E-state index in [4.69, 9.17) is 0 Å². The second kappa shape index (κ2) is 5.44. The molecule has 1 heterocycles. The van der Waals surface area contributed by atoms with Crippen molar-refractivity contribution in [3.8, 4) is 0 Å². The van der Waals surface area contributed by atoms with Gasteiger partial charge in [-0.05, 0) is 31.0 Å². The van der Waals surface area contributed by atoms with Crippen LogP contribution in [0.2, 0.25) is 0 Å². The highest BCUT2D eigenvalue weighted by molar-refractivity contribution is 7.92. The smallest absolute Gasteiger partial charge is 0.265 e. The number of anilines is 1. The zero-order valence-corrected chi connectivity index (χ0v) is 11.8. The Balaban J connectivity index is 2.20. The van der Waals surface area contributed by atoms with Gasteiger partial charge in [-0.2, -0.15) is 5.10 Å². The maximum Gasteiger partial charge on any atom is 0.265 e. The standard InChI is InChI=1S/C13H17N3O2S/c1-3-11-5-7-12(8-6-11)15-19(17,18)13-9-14-16(4-2)10-13/h5-10,15H,3-4H2,1-2H3. The first-order valence-corrected chi connectivity index (χ1v) is 7.67. The molecule has 0 aliphatic carbocycles. The van der Waals surface area contributed by atoms with E-state index >= 15 is 0 Å². The largest absolute Gasteiger partial charge is 0.280 e. The molecule has 2 rings (SSSR count). The zero-order chi connectivity index (χ0) is 13.9. The van der Waals surface area contributed by atoms with Gasteiger partial charge < -0.3 is 0 Å². The predicted molar refractivity (Wildman–Crippen MR) is 74.5 cm³/mol. The zero-order valence-electron chi connectivity index (χ0n) is 11.0. The number of rotatable bonds is 5. The van der Waals surface area contributed by atoms with Gasteiger partial charge in [0.25, 0.3) is 10.0 Å². The van der Waals surface area contributed by atoms with Crippen LogP contribution < -0.4 is 4.72 Å². The second-order valence-electron chi connectivity index (χ2n) is 4.19. The van der Waals surface area contributed by atoms with Crippen LogP contribution in [0.3, 0.4) is 0 Å². The van der Waals surface area contributed by atoms with Crippen LogP contribution in [-0.4, -0.2) is 18.2 Å². The van der Waals surface area contributed by atoms with Gasteiger partial charge in [-0.1, -0.05) is 19.1 Å². The molecule has 0 amide bonds. The maximum atomic E-state index is 12.1. The lowest BCUT2D eigenvalue weighted by Crippen LogP contribution is -2.12. The van der Waals surface area contributed by atoms with E-state index in [1.165, 1.54) is 18.0 Å². The van der Waals surface area contributed by atoms with E-state index in [0.29, 0.717) is 12.2 Å². The van der Waals surface area contributed by atoms with Gasteiger partial charge in [0.15, 0.2) is 0 Å². The number of aryl methyl sites for hydroxylation is 2. The summed E-state index contributed by atoms with van der Waals surface area (Å²) in [4.78, 5) is 0.175. The van der Waals surface area contributed by atoms with Gasteiger partial charge >= 0.3 is 0 Å². The van der Waals surface area contributed by atoms with Crippen LogP contribution in [0.25, 0.3) is 0 Å². The van der Waals surface area contributed by atoms with Gasteiger partial charge in [0, 0.05) is 18.4 Å². The Morgan fingerprint density at radius 1 is 1.21 bits per heavy atom. The van der Waals surface area contributed by atoms with Crippen LogP contribution in [0.5, 0.6) is 0 Å². The lowest BCUT2D eigenvalue weighted by atomic mass is 10.2. The summed E-state index contributed by atoms with van der Waals surface area (Å²) in [6.45, 7) is 4.60. The van der Waals surface area contributed by atoms with E-state index in [0.717, 1.165) is 6.42 Å². The Kier molecular flexibility index (Phi) is 3.90. The molecule has 2 aromatic rings. The molecule has 0 bridgehead atoms. The lowest BCUT2D eigenvalue weighted by Gasteiger charge is -2.06. The first-order chi connectivity index (χ1) is 9.05. The highest BCUT2D eigenvalue weighted by atomic mass is 32.2. The van der Waals surface area contributed by atoms with Gasteiger partial charge in [0.05, 0.1) is 6.20 Å². The average molecular weight is 279 g/mol. The highest BCUT2D eigenvalue weighted by Gasteiger charge is 2.16. The molecule has 6 heteroatoms. The van der Waals surface area contributed by atoms with Crippen molar-refractivity contribution < 1.29 is 8.42 Å². The third kappa shape index (κ3) is 3.14. The second-order valence-corrected chi connectivity index (χ2v) is 5.87. The van der Waals surface area contributed by atoms with Crippen molar-refractivity contribution in [2.75, 3.05) is 4.72 Å². The van der Waals surface area contributed by atoms with Gasteiger partial charge in [0.2, 0.25) is 0 Å². The Morgan fingerprint density at radius 3 is 2.42 bits per heavy atom. The van der Waals surface area contributed by atoms with Crippen molar-refractivity contribution in [1.82, 2.24) is 9.78 Å². The number of hydrogen-bond acceptors (Lipinski definition) is 3. The molecule has 0 atom stereocenters. The summed E-state index contributed by atoms with van der Waals surface area (Å²) < 4.78 is 28.4. The lowest BCUT2D eigenvalue weighted by molar-refractivity contribution is 0.600. The van der Waals surface area contributed by atoms with Crippen molar-refractivity contribution in [2.24, 2.45) is 0 Å². The summed E-state index contributed by atoms with van der Waals surface area (Å²) >= 11 is 0. The summed E-state index contributed by atoms with van der Waals surface area (Å²) in [5.74, 6) is 0. The first-order valence-electron chi connectivity index (χ1n) is 6.19. The Labute approximate surface area is 113 Å².